The highest BCUT2D eigenvalue weighted by Crippen LogP contribution is 2.37. The van der Waals surface area contributed by atoms with Crippen LogP contribution in [0.2, 0.25) is 0 Å². The molecule has 1 aliphatic carbocycles. The molecule has 0 bridgehead atoms. The maximum Gasteiger partial charge on any atom is 0.416 e. The summed E-state index contributed by atoms with van der Waals surface area (Å²) in [4.78, 5) is 23.9. The summed E-state index contributed by atoms with van der Waals surface area (Å²) in [5, 5.41) is 12.8. The van der Waals surface area contributed by atoms with Gasteiger partial charge >= 0.3 is 30.0 Å². The van der Waals surface area contributed by atoms with Gasteiger partial charge in [-0.05, 0) is 79.5 Å². The number of carbonyl (C=O) groups excluding carboxylic acids is 2. The molecule has 0 atom stereocenters. The summed E-state index contributed by atoms with van der Waals surface area (Å²) in [6, 6.07) is 11.7. The van der Waals surface area contributed by atoms with E-state index in [0.29, 0.717) is 29.6 Å². The number of nitrogens with zero attached hydrogens (tertiary/aromatic N) is 2. The van der Waals surface area contributed by atoms with E-state index in [1.54, 1.807) is 12.1 Å². The molecule has 0 spiro atoms. The van der Waals surface area contributed by atoms with Gasteiger partial charge in [0.25, 0.3) is 0 Å². The van der Waals surface area contributed by atoms with Gasteiger partial charge in [-0.1, -0.05) is 17.2 Å². The number of anilines is 3. The summed E-state index contributed by atoms with van der Waals surface area (Å²) >= 11 is 0. The quantitative estimate of drug-likeness (QED) is 0.386. The first kappa shape index (κ1) is 25.2. The Hall–Kier alpha value is -3.89. The Kier molecular flexibility index (Phi) is 7.56. The highest BCUT2D eigenvalue weighted by Gasteiger charge is 2.30. The van der Waals surface area contributed by atoms with Gasteiger partial charge in [0.2, 0.25) is 0 Å². The van der Waals surface area contributed by atoms with Crippen LogP contribution in [-0.2, 0) is 15.7 Å². The van der Waals surface area contributed by atoms with Gasteiger partial charge in [-0.3, -0.25) is 9.59 Å². The van der Waals surface area contributed by atoms with Crippen molar-refractivity contribution in [1.29, 1.82) is 0 Å². The molecular weight excluding hydrogens is 477 g/mol. The second-order valence-electron chi connectivity index (χ2n) is 8.69. The van der Waals surface area contributed by atoms with Gasteiger partial charge in [-0.25, -0.2) is 0 Å². The Morgan fingerprint density at radius 2 is 1.61 bits per heavy atom. The van der Waals surface area contributed by atoms with Gasteiger partial charge in [0.05, 0.1) is 12.7 Å². The minimum absolute atomic E-state index is 0.127. The zero-order valence-corrected chi connectivity index (χ0v) is 19.5. The summed E-state index contributed by atoms with van der Waals surface area (Å²) in [6.45, 7) is 0. The number of aromatic nitrogens is 2. The van der Waals surface area contributed by atoms with Crippen LogP contribution in [0.15, 0.2) is 52.9 Å². The molecule has 11 heteroatoms. The summed E-state index contributed by atoms with van der Waals surface area (Å²) < 4.78 is 48.1. The SMILES string of the molecule is COC(=O)CC1CCC(c2ccc(NC(=O)c3nnc(Nc4ccc(C(F)(F)F)cc4)o3)cc2)CC1. The van der Waals surface area contributed by atoms with E-state index in [1.165, 1.54) is 24.8 Å². The van der Waals surface area contributed by atoms with Gasteiger partial charge in [-0.2, -0.15) is 13.2 Å². The molecule has 190 valence electrons. The molecule has 36 heavy (non-hydrogen) atoms. The number of nitrogens with one attached hydrogen (secondary N) is 2. The maximum absolute atomic E-state index is 12.7. The van der Waals surface area contributed by atoms with Crippen LogP contribution in [0.1, 0.15) is 59.8 Å². The van der Waals surface area contributed by atoms with Gasteiger partial charge < -0.3 is 19.8 Å². The molecule has 0 radical (unpaired) electrons. The third kappa shape index (κ3) is 6.41. The predicted molar refractivity (Wildman–Crippen MR) is 125 cm³/mol. The predicted octanol–water partition coefficient (Wildman–Crippen LogP) is 5.92. The molecule has 1 saturated carbocycles. The molecule has 1 amide bonds. The molecule has 1 heterocycles. The Morgan fingerprint density at radius 1 is 0.972 bits per heavy atom. The van der Waals surface area contributed by atoms with E-state index in [0.717, 1.165) is 37.8 Å². The number of hydrogen-bond acceptors (Lipinski definition) is 7. The zero-order valence-electron chi connectivity index (χ0n) is 19.5. The Bertz CT molecular complexity index is 1190. The van der Waals surface area contributed by atoms with Crippen molar-refractivity contribution < 1.29 is 31.9 Å². The summed E-state index contributed by atoms with van der Waals surface area (Å²) in [5.74, 6) is -0.308. The van der Waals surface area contributed by atoms with E-state index in [1.807, 2.05) is 12.1 Å². The summed E-state index contributed by atoms with van der Waals surface area (Å²) in [5.41, 5.74) is 1.24. The van der Waals surface area contributed by atoms with E-state index in [-0.39, 0.29) is 17.9 Å². The number of amides is 1. The lowest BCUT2D eigenvalue weighted by atomic mass is 9.77. The fourth-order valence-corrected chi connectivity index (χ4v) is 4.27. The van der Waals surface area contributed by atoms with Crippen LogP contribution in [-0.4, -0.2) is 29.2 Å². The van der Waals surface area contributed by atoms with Crippen LogP contribution in [0.4, 0.5) is 30.6 Å². The largest absolute Gasteiger partial charge is 0.469 e. The smallest absolute Gasteiger partial charge is 0.416 e. The maximum atomic E-state index is 12.7. The fraction of sp³-hybridized carbons (Fsp3) is 0.360. The average molecular weight is 502 g/mol. The van der Waals surface area contributed by atoms with E-state index in [4.69, 9.17) is 9.15 Å². The molecule has 1 aliphatic rings. The van der Waals surface area contributed by atoms with Crippen LogP contribution in [0.25, 0.3) is 0 Å². The first-order chi connectivity index (χ1) is 17.2. The Labute approximate surface area is 205 Å². The van der Waals surface area contributed by atoms with Crippen molar-refractivity contribution in [3.8, 4) is 0 Å². The van der Waals surface area contributed by atoms with Crippen molar-refractivity contribution in [3.63, 3.8) is 0 Å². The zero-order chi connectivity index (χ0) is 25.7. The first-order valence-corrected chi connectivity index (χ1v) is 11.5. The molecule has 8 nitrogen and oxygen atoms in total. The number of esters is 1. The highest BCUT2D eigenvalue weighted by molar-refractivity contribution is 6.00. The number of methoxy groups -OCH3 is 1. The minimum atomic E-state index is -4.43. The topological polar surface area (TPSA) is 106 Å². The minimum Gasteiger partial charge on any atom is -0.469 e. The Morgan fingerprint density at radius 3 is 2.22 bits per heavy atom. The number of halogens is 3. The van der Waals surface area contributed by atoms with Crippen molar-refractivity contribution in [2.45, 2.75) is 44.2 Å². The number of benzene rings is 2. The molecule has 4 rings (SSSR count). The van der Waals surface area contributed by atoms with E-state index < -0.39 is 17.6 Å². The van der Waals surface area contributed by atoms with Crippen molar-refractivity contribution in [2.75, 3.05) is 17.7 Å². The van der Waals surface area contributed by atoms with Gasteiger partial charge in [0, 0.05) is 17.8 Å². The lowest BCUT2D eigenvalue weighted by Gasteiger charge is -2.28. The number of rotatable bonds is 7. The normalized spacial score (nSPS) is 17.9. The Balaban J connectivity index is 1.29. The van der Waals surface area contributed by atoms with Gasteiger partial charge in [0.1, 0.15) is 0 Å². The van der Waals surface area contributed by atoms with Crippen molar-refractivity contribution in [1.82, 2.24) is 10.2 Å². The van der Waals surface area contributed by atoms with Gasteiger partial charge in [-0.15, -0.1) is 5.10 Å². The average Bonchev–Trinajstić information content (AvgIpc) is 3.33. The third-order valence-electron chi connectivity index (χ3n) is 6.25. The molecular formula is C25H25F3N4O4. The molecule has 2 N–H and O–H groups in total. The van der Waals surface area contributed by atoms with Gasteiger partial charge in [0.15, 0.2) is 0 Å². The number of ether oxygens (including phenoxy) is 1. The number of carbonyl (C=O) groups is 2. The molecule has 2 aromatic carbocycles. The molecule has 1 fully saturated rings. The molecule has 1 aromatic heterocycles. The highest BCUT2D eigenvalue weighted by atomic mass is 19.4. The monoisotopic (exact) mass is 502 g/mol. The second kappa shape index (κ2) is 10.8. The summed E-state index contributed by atoms with van der Waals surface area (Å²) in [6.07, 6.45) is -0.0479. The van der Waals surface area contributed by atoms with E-state index in [2.05, 4.69) is 20.8 Å². The summed E-state index contributed by atoms with van der Waals surface area (Å²) in [7, 11) is 1.41. The van der Waals surface area contributed by atoms with E-state index >= 15 is 0 Å². The van der Waals surface area contributed by atoms with Crippen LogP contribution in [0.5, 0.6) is 0 Å². The van der Waals surface area contributed by atoms with Crippen LogP contribution in [0.3, 0.4) is 0 Å². The van der Waals surface area contributed by atoms with Crippen molar-refractivity contribution >= 4 is 29.3 Å². The van der Waals surface area contributed by atoms with Crippen LogP contribution >= 0.6 is 0 Å². The fourth-order valence-electron chi connectivity index (χ4n) is 4.27. The lowest BCUT2D eigenvalue weighted by molar-refractivity contribution is -0.142. The van der Waals surface area contributed by atoms with Crippen molar-refractivity contribution in [2.24, 2.45) is 5.92 Å². The molecule has 0 unspecified atom stereocenters. The second-order valence-corrected chi connectivity index (χ2v) is 8.69. The molecule has 0 aliphatic heterocycles. The first-order valence-electron chi connectivity index (χ1n) is 11.5. The molecule has 0 saturated heterocycles. The lowest BCUT2D eigenvalue weighted by Crippen LogP contribution is -2.17. The number of hydrogen-bond donors (Lipinski definition) is 2. The molecule has 3 aromatic rings. The third-order valence-corrected chi connectivity index (χ3v) is 6.25. The standard InChI is InChI=1S/C25H25F3N4O4/c1-35-21(33)14-15-2-4-16(5-3-15)17-6-10-19(11-7-17)29-22(34)23-31-32-24(36-23)30-20-12-8-18(9-13-20)25(26,27)28/h6-13,15-16H,2-5,14H2,1H3,(H,29,34)(H,30,32). The van der Waals surface area contributed by atoms with Crippen molar-refractivity contribution in [3.05, 3.63) is 65.5 Å². The van der Waals surface area contributed by atoms with Crippen LogP contribution < -0.4 is 10.6 Å². The van der Waals surface area contributed by atoms with Crippen LogP contribution in [0, 0.1) is 5.92 Å². The number of alkyl halides is 3. The van der Waals surface area contributed by atoms with E-state index in [9.17, 15) is 22.8 Å².